The van der Waals surface area contributed by atoms with Crippen LogP contribution in [-0.4, -0.2) is 22.4 Å². The summed E-state index contributed by atoms with van der Waals surface area (Å²) in [6, 6.07) is 46.9. The summed E-state index contributed by atoms with van der Waals surface area (Å²) in [7, 11) is 2.39. The molecule has 4 unspecified atom stereocenters. The first-order valence-corrected chi connectivity index (χ1v) is 28.0. The molecule has 0 amide bonds. The fraction of sp³-hybridized carbons (Fsp3) is 0.400. The van der Waals surface area contributed by atoms with E-state index >= 15 is 0 Å². The van der Waals surface area contributed by atoms with Gasteiger partial charge in [-0.25, -0.2) is 4.49 Å². The van der Waals surface area contributed by atoms with Crippen LogP contribution in [0.2, 0.25) is 0 Å². The molecule has 4 nitrogen and oxygen atoms in total. The maximum Gasteiger partial charge on any atom is 0.705 e. The zero-order valence-electron chi connectivity index (χ0n) is 44.1. The molecule has 2 aliphatic heterocycles. The minimum absolute atomic E-state index is 0.272. The molecule has 1 aromatic heterocycles. The highest BCUT2D eigenvalue weighted by Crippen LogP contribution is 2.59. The van der Waals surface area contributed by atoms with Gasteiger partial charge in [-0.15, -0.1) is 0 Å². The number of benzene rings is 5. The van der Waals surface area contributed by atoms with E-state index in [0.717, 1.165) is 36.1 Å². The van der Waals surface area contributed by atoms with Crippen molar-refractivity contribution in [2.75, 3.05) is 0 Å². The Hall–Kier alpha value is -5.46. The molecular formula is C65H75BN2O2S+. The number of thioether (sulfide) groups is 1. The summed E-state index contributed by atoms with van der Waals surface area (Å²) < 4.78 is 20.4. The minimum Gasteiger partial charge on any atom is -0.441 e. The normalized spacial score (nSPS) is 20.3. The second kappa shape index (κ2) is 20.9. The average Bonchev–Trinajstić information content (AvgIpc) is 3.86. The van der Waals surface area contributed by atoms with Gasteiger partial charge in [0.25, 0.3) is 0 Å². The highest BCUT2D eigenvalue weighted by Gasteiger charge is 2.53. The summed E-state index contributed by atoms with van der Waals surface area (Å²) in [5.41, 5.74) is 15.4. The summed E-state index contributed by atoms with van der Waals surface area (Å²) >= 11 is 2.03. The molecule has 2 saturated carbocycles. The number of rotatable bonds is 13. The average molecular weight is 959 g/mol. The van der Waals surface area contributed by atoms with Gasteiger partial charge in [-0.2, -0.15) is 0 Å². The lowest BCUT2D eigenvalue weighted by Gasteiger charge is -2.33. The van der Waals surface area contributed by atoms with E-state index in [9.17, 15) is 0 Å². The number of ether oxygens (including phenoxy) is 2. The van der Waals surface area contributed by atoms with Crippen molar-refractivity contribution < 1.29 is 14.0 Å². The molecule has 0 saturated heterocycles. The van der Waals surface area contributed by atoms with Crippen molar-refractivity contribution in [3.63, 3.8) is 0 Å². The second-order valence-corrected chi connectivity index (χ2v) is 23.3. The topological polar surface area (TPSA) is 26.4 Å². The molecule has 2 fully saturated rings. The first-order valence-electron chi connectivity index (χ1n) is 27.2. The summed E-state index contributed by atoms with van der Waals surface area (Å²) in [4.78, 5) is 2.68. The standard InChI is InChI=1S/C65H75BN2O2S/c1-40(2)48-32-21-23-38-54(48)69-64-56(46-28-13-11-14-29-46)58(52-34-19-17-26-44(52)9)60-63(71-62-50(42(5)6)36-25-37-51(62)43(7)8)61-59(53-35-20-18-27-45(53)10)57(47-30-15-12-16-31-47)65(68(61)66-67(60)64)70-55-39-24-22-33-49(55)41(3)4/h11-16,21-25,28-33,36-45,52-53H,17-20,26-27,34-35H2,1-10H3/q+1. The van der Waals surface area contributed by atoms with Gasteiger partial charge in [-0.05, 0) is 111 Å². The lowest BCUT2D eigenvalue weighted by Crippen LogP contribution is -2.35. The van der Waals surface area contributed by atoms with E-state index in [0.29, 0.717) is 35.5 Å². The molecule has 0 spiro atoms. The lowest BCUT2D eigenvalue weighted by atomic mass is 9.72. The van der Waals surface area contributed by atoms with Crippen LogP contribution in [0.1, 0.15) is 189 Å². The van der Waals surface area contributed by atoms with Gasteiger partial charge in [-0.3, -0.25) is 4.48 Å². The van der Waals surface area contributed by atoms with Crippen LogP contribution in [0, 0.1) is 17.8 Å². The third-order valence-corrected chi connectivity index (χ3v) is 17.4. The van der Waals surface area contributed by atoms with E-state index in [1.54, 1.807) is 0 Å². The number of allylic oxidation sites excluding steroid dienone is 1. The monoisotopic (exact) mass is 959 g/mol. The zero-order valence-corrected chi connectivity index (χ0v) is 44.9. The van der Waals surface area contributed by atoms with Crippen LogP contribution in [0.3, 0.4) is 0 Å². The SMILES string of the molecule is CC(C)c1ccccc1OC1=[N+]2[B]n3c(Oc4ccccc4C(C)C)c(-c4ccccc4)c(C4CCCCC4C)c3C(Sc3c(C(C)C)cccc3C(C)C)=C2C(C2CCCCC2C)=C1c1ccccc1. The Labute approximate surface area is 431 Å². The van der Waals surface area contributed by atoms with Crippen LogP contribution in [-0.2, 0) is 0 Å². The van der Waals surface area contributed by atoms with Crippen LogP contribution >= 0.6 is 11.8 Å². The Morgan fingerprint density at radius 1 is 0.535 bits per heavy atom. The number of aromatic nitrogens is 1. The molecule has 6 aromatic rings. The molecule has 1 radical (unpaired) electrons. The molecule has 3 heterocycles. The maximum atomic E-state index is 7.72. The number of para-hydroxylation sites is 2. The summed E-state index contributed by atoms with van der Waals surface area (Å²) in [6.07, 6.45) is 9.66. The molecule has 4 atom stereocenters. The largest absolute Gasteiger partial charge is 0.705 e. The Kier molecular flexibility index (Phi) is 14.5. The molecule has 0 N–H and O–H groups in total. The van der Waals surface area contributed by atoms with E-state index in [4.69, 9.17) is 9.47 Å². The summed E-state index contributed by atoms with van der Waals surface area (Å²) in [5.74, 6) is 6.39. The molecule has 71 heavy (non-hydrogen) atoms. The molecule has 6 heteroatoms. The lowest BCUT2D eigenvalue weighted by molar-refractivity contribution is -0.325. The van der Waals surface area contributed by atoms with Gasteiger partial charge < -0.3 is 9.47 Å². The minimum atomic E-state index is 0.272. The van der Waals surface area contributed by atoms with Crippen molar-refractivity contribution in [2.24, 2.45) is 17.8 Å². The first kappa shape index (κ1) is 49.1. The zero-order chi connectivity index (χ0) is 49.5. The van der Waals surface area contributed by atoms with Crippen molar-refractivity contribution in [1.29, 1.82) is 0 Å². The molecule has 10 rings (SSSR count). The highest BCUT2D eigenvalue weighted by atomic mass is 32.2. The van der Waals surface area contributed by atoms with Crippen molar-refractivity contribution in [2.45, 2.75) is 155 Å². The van der Waals surface area contributed by atoms with Crippen LogP contribution < -0.4 is 9.47 Å². The van der Waals surface area contributed by atoms with Crippen LogP contribution in [0.5, 0.6) is 17.4 Å². The van der Waals surface area contributed by atoms with E-state index in [1.807, 2.05) is 11.8 Å². The Morgan fingerprint density at radius 3 is 1.56 bits per heavy atom. The first-order chi connectivity index (χ1) is 34.4. The summed E-state index contributed by atoms with van der Waals surface area (Å²) in [6.45, 7) is 23.6. The van der Waals surface area contributed by atoms with Crippen molar-refractivity contribution in [3.8, 4) is 28.5 Å². The third-order valence-electron chi connectivity index (χ3n) is 16.2. The van der Waals surface area contributed by atoms with E-state index in [-0.39, 0.29) is 11.8 Å². The van der Waals surface area contributed by atoms with Gasteiger partial charge in [0.2, 0.25) is 11.6 Å². The fourth-order valence-electron chi connectivity index (χ4n) is 12.4. The van der Waals surface area contributed by atoms with Gasteiger partial charge in [0.1, 0.15) is 22.0 Å². The van der Waals surface area contributed by atoms with Gasteiger partial charge >= 0.3 is 13.4 Å². The number of fused-ring (bicyclic) bond motifs is 2. The molecule has 4 aliphatic rings. The smallest absolute Gasteiger partial charge is 0.441 e. The van der Waals surface area contributed by atoms with Crippen LogP contribution in [0.15, 0.2) is 144 Å². The van der Waals surface area contributed by atoms with Crippen molar-refractivity contribution in [1.82, 2.24) is 4.48 Å². The molecular weight excluding hydrogens is 884 g/mol. The van der Waals surface area contributed by atoms with Gasteiger partial charge in [0, 0.05) is 16.0 Å². The Bertz CT molecular complexity index is 2970. The van der Waals surface area contributed by atoms with E-state index in [1.165, 1.54) is 115 Å². The molecule has 2 aliphatic carbocycles. The predicted molar refractivity (Wildman–Crippen MR) is 300 cm³/mol. The number of hydrogen-bond donors (Lipinski definition) is 0. The predicted octanol–water partition coefficient (Wildman–Crippen LogP) is 18.4. The van der Waals surface area contributed by atoms with E-state index < -0.39 is 0 Å². The Morgan fingerprint density at radius 2 is 1.01 bits per heavy atom. The molecule has 365 valence electrons. The van der Waals surface area contributed by atoms with Crippen molar-refractivity contribution in [3.05, 3.63) is 178 Å². The fourth-order valence-corrected chi connectivity index (χ4v) is 14.0. The Balaban J connectivity index is 1.41. The van der Waals surface area contributed by atoms with E-state index in [2.05, 4.69) is 213 Å². The molecule has 5 aromatic carbocycles. The van der Waals surface area contributed by atoms with Crippen molar-refractivity contribution >= 4 is 35.7 Å². The number of hydrogen-bond acceptors (Lipinski definition) is 3. The summed E-state index contributed by atoms with van der Waals surface area (Å²) in [5, 5.41) is 0. The highest BCUT2D eigenvalue weighted by molar-refractivity contribution is 8.08. The maximum absolute atomic E-state index is 7.72. The molecule has 0 bridgehead atoms. The third kappa shape index (κ3) is 9.33. The van der Waals surface area contributed by atoms with Crippen LogP contribution in [0.25, 0.3) is 21.6 Å². The van der Waals surface area contributed by atoms with Crippen LogP contribution in [0.4, 0.5) is 0 Å². The quantitative estimate of drug-likeness (QED) is 0.108. The second-order valence-electron chi connectivity index (χ2n) is 22.3. The number of nitrogens with zero attached hydrogens (tertiary/aromatic N) is 2. The van der Waals surface area contributed by atoms with Gasteiger partial charge in [0.05, 0.1) is 5.69 Å². The van der Waals surface area contributed by atoms with Gasteiger partial charge in [0.15, 0.2) is 0 Å². The van der Waals surface area contributed by atoms with Gasteiger partial charge in [-0.1, -0.05) is 235 Å².